The van der Waals surface area contributed by atoms with E-state index in [1.807, 2.05) is 0 Å². The molecule has 3 rings (SSSR count). The number of hydrogen-bond acceptors (Lipinski definition) is 3. The second kappa shape index (κ2) is 3.74. The van der Waals surface area contributed by atoms with E-state index in [2.05, 4.69) is 4.74 Å². The van der Waals surface area contributed by atoms with Crippen molar-refractivity contribution in [1.82, 2.24) is 0 Å². The molecule has 0 saturated carbocycles. The fourth-order valence-electron chi connectivity index (χ4n) is 2.38. The van der Waals surface area contributed by atoms with Crippen LogP contribution in [0.25, 0.3) is 0 Å². The van der Waals surface area contributed by atoms with Gasteiger partial charge in [-0.2, -0.15) is 0 Å². The van der Waals surface area contributed by atoms with Gasteiger partial charge in [0.05, 0.1) is 5.57 Å². The number of fused-ring (bicyclic) bond motifs is 5. The van der Waals surface area contributed by atoms with Crippen LogP contribution in [0.2, 0.25) is 0 Å². The van der Waals surface area contributed by atoms with E-state index in [0.717, 1.165) is 6.07 Å². The zero-order valence-corrected chi connectivity index (χ0v) is 9.27. The first-order chi connectivity index (χ1) is 8.87. The highest BCUT2D eigenvalue weighted by molar-refractivity contribution is 5.90. The summed E-state index contributed by atoms with van der Waals surface area (Å²) in [7, 11) is 0. The van der Waals surface area contributed by atoms with E-state index in [-0.39, 0.29) is 11.1 Å². The Bertz CT molecular complexity index is 591. The molecule has 19 heavy (non-hydrogen) atoms. The number of halogens is 3. The average Bonchev–Trinajstić information content (AvgIpc) is 2.85. The third kappa shape index (κ3) is 1.86. The monoisotopic (exact) mass is 272 g/mol. The fourth-order valence-corrected chi connectivity index (χ4v) is 2.38. The van der Waals surface area contributed by atoms with Crippen LogP contribution in [0.1, 0.15) is 23.3 Å². The molecule has 7 heteroatoms. The van der Waals surface area contributed by atoms with Crippen molar-refractivity contribution in [3.05, 3.63) is 41.0 Å². The van der Waals surface area contributed by atoms with Crippen molar-refractivity contribution in [1.29, 1.82) is 0 Å². The third-order valence-corrected chi connectivity index (χ3v) is 3.04. The molecule has 2 aliphatic heterocycles. The Balaban J connectivity index is 2.05. The van der Waals surface area contributed by atoms with Gasteiger partial charge < -0.3 is 14.6 Å². The van der Waals surface area contributed by atoms with Crippen LogP contribution in [0, 0.1) is 0 Å². The fraction of sp³-hybridized carbons (Fsp3) is 0.250. The number of hydrogen-bond donors (Lipinski definition) is 1. The molecule has 0 saturated heterocycles. The van der Waals surface area contributed by atoms with Crippen LogP contribution >= 0.6 is 0 Å². The van der Waals surface area contributed by atoms with Gasteiger partial charge in [-0.3, -0.25) is 0 Å². The molecule has 1 aromatic rings. The molecule has 2 atom stereocenters. The van der Waals surface area contributed by atoms with E-state index in [4.69, 9.17) is 9.84 Å². The molecular formula is C12H7F3O4. The number of rotatable bonds is 2. The first kappa shape index (κ1) is 12.0. The van der Waals surface area contributed by atoms with Gasteiger partial charge in [-0.15, -0.1) is 13.2 Å². The summed E-state index contributed by atoms with van der Waals surface area (Å²) in [5.74, 6) is -1.62. The zero-order chi connectivity index (χ0) is 13.8. The van der Waals surface area contributed by atoms with Crippen molar-refractivity contribution in [2.24, 2.45) is 0 Å². The summed E-state index contributed by atoms with van der Waals surface area (Å²) >= 11 is 0. The second-order valence-corrected chi connectivity index (χ2v) is 4.17. The van der Waals surface area contributed by atoms with Gasteiger partial charge in [0, 0.05) is 5.56 Å². The van der Waals surface area contributed by atoms with Gasteiger partial charge >= 0.3 is 12.3 Å². The predicted molar refractivity (Wildman–Crippen MR) is 55.4 cm³/mol. The summed E-state index contributed by atoms with van der Waals surface area (Å²) in [4.78, 5) is 11.0. The first-order valence-electron chi connectivity index (χ1n) is 5.36. The van der Waals surface area contributed by atoms with E-state index in [9.17, 15) is 18.0 Å². The molecule has 0 spiro atoms. The number of alkyl halides is 3. The highest BCUT2D eigenvalue weighted by Gasteiger charge is 2.45. The minimum absolute atomic E-state index is 0.0595. The summed E-state index contributed by atoms with van der Waals surface area (Å²) in [6.07, 6.45) is -5.06. The smallest absolute Gasteiger partial charge is 0.478 e. The molecule has 1 aromatic carbocycles. The molecule has 1 N–H and O–H groups in total. The van der Waals surface area contributed by atoms with Gasteiger partial charge in [-0.05, 0) is 17.7 Å². The molecular weight excluding hydrogens is 265 g/mol. The van der Waals surface area contributed by atoms with Crippen LogP contribution in [0.3, 0.4) is 0 Å². The second-order valence-electron chi connectivity index (χ2n) is 4.17. The lowest BCUT2D eigenvalue weighted by Gasteiger charge is -2.17. The van der Waals surface area contributed by atoms with Gasteiger partial charge in [-0.1, -0.05) is 12.1 Å². The van der Waals surface area contributed by atoms with Crippen molar-refractivity contribution in [3.63, 3.8) is 0 Å². The number of carbonyl (C=O) groups is 1. The Hall–Kier alpha value is -2.02. The van der Waals surface area contributed by atoms with Gasteiger partial charge in [0.1, 0.15) is 18.0 Å². The third-order valence-electron chi connectivity index (χ3n) is 3.04. The molecule has 0 fully saturated rings. The summed E-state index contributed by atoms with van der Waals surface area (Å²) in [5, 5.41) is 8.97. The topological polar surface area (TPSA) is 55.8 Å². The standard InChI is InChI=1S/C12H7F3O4/c13-12(14,15)19-7-3-1-2-5-8-4-6(11(16)17)10(18-8)9(5)7/h1-4,8,10H,(H,16,17)/t8-,10+/m0/s1. The Labute approximate surface area is 105 Å². The SMILES string of the molecule is O=C(O)C1=C[C@@H]2O[C@H]1c1c(OC(F)(F)F)cccc12. The Morgan fingerprint density at radius 1 is 1.37 bits per heavy atom. The minimum atomic E-state index is -4.83. The molecule has 100 valence electrons. The van der Waals surface area contributed by atoms with Crippen molar-refractivity contribution in [2.75, 3.05) is 0 Å². The number of aliphatic carboxylic acids is 1. The first-order valence-corrected chi connectivity index (χ1v) is 5.36. The summed E-state index contributed by atoms with van der Waals surface area (Å²) < 4.78 is 46.2. The Morgan fingerprint density at radius 3 is 2.74 bits per heavy atom. The number of ether oxygens (including phenoxy) is 2. The average molecular weight is 272 g/mol. The number of benzene rings is 1. The van der Waals surface area contributed by atoms with E-state index < -0.39 is 30.3 Å². The summed E-state index contributed by atoms with van der Waals surface area (Å²) in [6.45, 7) is 0. The maximum absolute atomic E-state index is 12.3. The van der Waals surface area contributed by atoms with Crippen LogP contribution in [0.4, 0.5) is 13.2 Å². The molecule has 0 aromatic heterocycles. The summed E-state index contributed by atoms with van der Waals surface area (Å²) in [6, 6.07) is 4.16. The lowest BCUT2D eigenvalue weighted by molar-refractivity contribution is -0.275. The minimum Gasteiger partial charge on any atom is -0.478 e. The summed E-state index contributed by atoms with van der Waals surface area (Å²) in [5.41, 5.74) is 0.595. The zero-order valence-electron chi connectivity index (χ0n) is 9.27. The van der Waals surface area contributed by atoms with Gasteiger partial charge in [-0.25, -0.2) is 4.79 Å². The molecule has 4 nitrogen and oxygen atoms in total. The van der Waals surface area contributed by atoms with Crippen LogP contribution in [0.15, 0.2) is 29.8 Å². The normalized spacial score (nSPS) is 24.1. The molecule has 2 aliphatic rings. The van der Waals surface area contributed by atoms with E-state index in [1.165, 1.54) is 12.1 Å². The number of carboxylic acids is 1. The lowest BCUT2D eigenvalue weighted by atomic mass is 9.91. The van der Waals surface area contributed by atoms with Crippen molar-refractivity contribution < 1.29 is 32.5 Å². The highest BCUT2D eigenvalue weighted by Crippen LogP contribution is 2.53. The Kier molecular flexibility index (Phi) is 2.37. The Morgan fingerprint density at radius 2 is 2.11 bits per heavy atom. The molecule has 0 unspecified atom stereocenters. The van der Waals surface area contributed by atoms with Gasteiger partial charge in [0.2, 0.25) is 0 Å². The van der Waals surface area contributed by atoms with E-state index in [0.29, 0.717) is 5.56 Å². The van der Waals surface area contributed by atoms with Gasteiger partial charge in [0.25, 0.3) is 0 Å². The van der Waals surface area contributed by atoms with Crippen LogP contribution in [0.5, 0.6) is 5.75 Å². The lowest BCUT2D eigenvalue weighted by Crippen LogP contribution is -2.19. The van der Waals surface area contributed by atoms with E-state index >= 15 is 0 Å². The van der Waals surface area contributed by atoms with Crippen LogP contribution < -0.4 is 4.74 Å². The van der Waals surface area contributed by atoms with Crippen LogP contribution in [-0.2, 0) is 9.53 Å². The van der Waals surface area contributed by atoms with Crippen molar-refractivity contribution in [3.8, 4) is 5.75 Å². The van der Waals surface area contributed by atoms with Crippen molar-refractivity contribution >= 4 is 5.97 Å². The predicted octanol–water partition coefficient (Wildman–Crippen LogP) is 2.72. The number of carboxylic acid groups (broad SMARTS) is 1. The maximum atomic E-state index is 12.3. The molecule has 0 radical (unpaired) electrons. The van der Waals surface area contributed by atoms with Gasteiger partial charge in [0.15, 0.2) is 0 Å². The quantitative estimate of drug-likeness (QED) is 0.899. The van der Waals surface area contributed by atoms with Crippen molar-refractivity contribution in [2.45, 2.75) is 18.6 Å². The van der Waals surface area contributed by atoms with E-state index in [1.54, 1.807) is 6.07 Å². The molecule has 2 heterocycles. The highest BCUT2D eigenvalue weighted by atomic mass is 19.4. The maximum Gasteiger partial charge on any atom is 0.573 e. The molecule has 0 aliphatic carbocycles. The largest absolute Gasteiger partial charge is 0.573 e. The molecule has 2 bridgehead atoms. The molecule has 0 amide bonds. The van der Waals surface area contributed by atoms with Crippen LogP contribution in [-0.4, -0.2) is 17.4 Å².